The molecule has 3 N–H and O–H groups in total. The van der Waals surface area contributed by atoms with E-state index in [1.165, 1.54) is 16.9 Å². The summed E-state index contributed by atoms with van der Waals surface area (Å²) < 4.78 is 0. The smallest absolute Gasteiger partial charge is 0.268 e. The van der Waals surface area contributed by atoms with Crippen molar-refractivity contribution < 1.29 is 9.90 Å². The number of thiazole rings is 1. The molecule has 120 valence electrons. The Morgan fingerprint density at radius 2 is 2.35 bits per heavy atom. The number of amides is 1. The molecule has 0 aliphatic rings. The van der Waals surface area contributed by atoms with Crippen LogP contribution >= 0.6 is 11.3 Å². The number of aliphatic hydroxyl groups is 1. The van der Waals surface area contributed by atoms with Crippen molar-refractivity contribution >= 4 is 28.1 Å². The summed E-state index contributed by atoms with van der Waals surface area (Å²) in [5, 5.41) is 16.2. The minimum absolute atomic E-state index is 0.119. The number of aromatic nitrogens is 2. The molecule has 0 bridgehead atoms. The van der Waals surface area contributed by atoms with Crippen LogP contribution in [0.2, 0.25) is 0 Å². The molecule has 1 atom stereocenters. The quantitative estimate of drug-likeness (QED) is 0.650. The lowest BCUT2D eigenvalue weighted by molar-refractivity contribution is 0.0912. The van der Waals surface area contributed by atoms with Crippen LogP contribution in [0.4, 0.5) is 0 Å². The average Bonchev–Trinajstić information content (AvgIpc) is 3.22. The Morgan fingerprint density at radius 1 is 1.48 bits per heavy atom. The third-order valence-corrected chi connectivity index (χ3v) is 4.64. The van der Waals surface area contributed by atoms with Gasteiger partial charge in [-0.2, -0.15) is 0 Å². The third kappa shape index (κ3) is 3.43. The summed E-state index contributed by atoms with van der Waals surface area (Å²) in [6, 6.07) is 7.55. The zero-order valence-electron chi connectivity index (χ0n) is 12.9. The first-order valence-electron chi connectivity index (χ1n) is 7.62. The van der Waals surface area contributed by atoms with Crippen molar-refractivity contribution in [2.45, 2.75) is 25.8 Å². The van der Waals surface area contributed by atoms with Gasteiger partial charge in [-0.3, -0.25) is 4.79 Å². The van der Waals surface area contributed by atoms with E-state index in [4.69, 9.17) is 0 Å². The van der Waals surface area contributed by atoms with Gasteiger partial charge in [0.05, 0.1) is 17.7 Å². The van der Waals surface area contributed by atoms with Crippen LogP contribution in [-0.2, 0) is 12.8 Å². The van der Waals surface area contributed by atoms with E-state index in [1.54, 1.807) is 6.20 Å². The van der Waals surface area contributed by atoms with E-state index in [0.29, 0.717) is 12.1 Å². The molecule has 0 aliphatic carbocycles. The number of aryl methyl sites for hydroxylation is 1. The standard InChI is InChI=1S/C17H19N3O2S/c1-2-11-4-3-5-14-13(11)9-15(20-14)17(22)19-12(10-21)8-16-18-6-7-23-16/h3-7,9,12,20-21H,2,8,10H2,1H3,(H,19,22). The number of aliphatic hydroxyl groups excluding tert-OH is 1. The molecule has 0 saturated heterocycles. The molecular formula is C17H19N3O2S. The molecule has 1 amide bonds. The van der Waals surface area contributed by atoms with Crippen molar-refractivity contribution in [3.05, 3.63) is 52.1 Å². The number of benzene rings is 1. The Morgan fingerprint density at radius 3 is 3.04 bits per heavy atom. The van der Waals surface area contributed by atoms with Crippen molar-refractivity contribution in [1.29, 1.82) is 0 Å². The molecule has 6 heteroatoms. The molecule has 2 heterocycles. The van der Waals surface area contributed by atoms with E-state index < -0.39 is 0 Å². The average molecular weight is 329 g/mol. The van der Waals surface area contributed by atoms with E-state index in [1.807, 2.05) is 23.6 Å². The van der Waals surface area contributed by atoms with Crippen LogP contribution in [-0.4, -0.2) is 33.6 Å². The maximum absolute atomic E-state index is 12.4. The van der Waals surface area contributed by atoms with Crippen LogP contribution in [0, 0.1) is 0 Å². The molecule has 3 aromatic rings. The number of carbonyl (C=O) groups is 1. The maximum atomic E-state index is 12.4. The van der Waals surface area contributed by atoms with Gasteiger partial charge in [0.25, 0.3) is 5.91 Å². The summed E-state index contributed by atoms with van der Waals surface area (Å²) in [7, 11) is 0. The van der Waals surface area contributed by atoms with E-state index in [0.717, 1.165) is 22.3 Å². The second kappa shape index (κ2) is 6.93. The van der Waals surface area contributed by atoms with Crippen LogP contribution in [0.1, 0.15) is 28.0 Å². The summed E-state index contributed by atoms with van der Waals surface area (Å²) in [6.07, 6.45) is 3.17. The number of carbonyl (C=O) groups excluding carboxylic acids is 1. The minimum atomic E-state index is -0.342. The van der Waals surface area contributed by atoms with Crippen LogP contribution in [0.3, 0.4) is 0 Å². The van der Waals surface area contributed by atoms with Crippen LogP contribution in [0.15, 0.2) is 35.8 Å². The van der Waals surface area contributed by atoms with Gasteiger partial charge in [0, 0.05) is 28.9 Å². The molecule has 2 aromatic heterocycles. The van der Waals surface area contributed by atoms with Gasteiger partial charge in [-0.05, 0) is 24.1 Å². The monoisotopic (exact) mass is 329 g/mol. The zero-order chi connectivity index (χ0) is 16.2. The predicted molar refractivity (Wildman–Crippen MR) is 91.8 cm³/mol. The number of H-pyrrole nitrogens is 1. The molecule has 0 fully saturated rings. The lowest BCUT2D eigenvalue weighted by Gasteiger charge is -2.14. The summed E-state index contributed by atoms with van der Waals surface area (Å²) in [6.45, 7) is 1.98. The number of hydrogen-bond acceptors (Lipinski definition) is 4. The molecule has 1 aromatic carbocycles. The lowest BCUT2D eigenvalue weighted by atomic mass is 10.1. The van der Waals surface area contributed by atoms with Crippen LogP contribution < -0.4 is 5.32 Å². The van der Waals surface area contributed by atoms with E-state index in [2.05, 4.69) is 28.3 Å². The molecule has 3 rings (SSSR count). The van der Waals surface area contributed by atoms with Crippen molar-refractivity contribution in [3.8, 4) is 0 Å². The van der Waals surface area contributed by atoms with Gasteiger partial charge in [0.15, 0.2) is 0 Å². The van der Waals surface area contributed by atoms with Gasteiger partial charge < -0.3 is 15.4 Å². The molecular weight excluding hydrogens is 310 g/mol. The normalized spacial score (nSPS) is 12.4. The van der Waals surface area contributed by atoms with Gasteiger partial charge >= 0.3 is 0 Å². The van der Waals surface area contributed by atoms with Crippen molar-refractivity contribution in [1.82, 2.24) is 15.3 Å². The highest BCUT2D eigenvalue weighted by Gasteiger charge is 2.17. The molecule has 0 spiro atoms. The fourth-order valence-corrected chi connectivity index (χ4v) is 3.34. The van der Waals surface area contributed by atoms with E-state index in [-0.39, 0.29) is 18.6 Å². The fraction of sp³-hybridized carbons (Fsp3) is 0.294. The zero-order valence-corrected chi connectivity index (χ0v) is 13.7. The third-order valence-electron chi connectivity index (χ3n) is 3.84. The maximum Gasteiger partial charge on any atom is 0.268 e. The second-order valence-electron chi connectivity index (χ2n) is 5.40. The van der Waals surface area contributed by atoms with Crippen molar-refractivity contribution in [2.75, 3.05) is 6.61 Å². The predicted octanol–water partition coefficient (Wildman–Crippen LogP) is 2.52. The largest absolute Gasteiger partial charge is 0.394 e. The number of rotatable bonds is 6. The Labute approximate surface area is 138 Å². The summed E-state index contributed by atoms with van der Waals surface area (Å²) >= 11 is 1.52. The Balaban J connectivity index is 1.77. The van der Waals surface area contributed by atoms with E-state index >= 15 is 0 Å². The Hall–Kier alpha value is -2.18. The first kappa shape index (κ1) is 15.7. The van der Waals surface area contributed by atoms with Gasteiger partial charge in [-0.1, -0.05) is 19.1 Å². The number of aromatic amines is 1. The van der Waals surface area contributed by atoms with Crippen LogP contribution in [0.25, 0.3) is 10.9 Å². The first-order chi connectivity index (χ1) is 11.2. The molecule has 0 aliphatic heterocycles. The highest BCUT2D eigenvalue weighted by molar-refractivity contribution is 7.09. The Bertz CT molecular complexity index is 795. The number of fused-ring (bicyclic) bond motifs is 1. The molecule has 1 unspecified atom stereocenters. The van der Waals surface area contributed by atoms with Gasteiger partial charge in [0.1, 0.15) is 5.69 Å². The highest BCUT2D eigenvalue weighted by Crippen LogP contribution is 2.20. The highest BCUT2D eigenvalue weighted by atomic mass is 32.1. The molecule has 0 radical (unpaired) electrons. The van der Waals surface area contributed by atoms with Crippen LogP contribution in [0.5, 0.6) is 0 Å². The second-order valence-corrected chi connectivity index (χ2v) is 6.38. The van der Waals surface area contributed by atoms with Gasteiger partial charge in [-0.15, -0.1) is 11.3 Å². The van der Waals surface area contributed by atoms with E-state index in [9.17, 15) is 9.90 Å². The fourth-order valence-electron chi connectivity index (χ4n) is 2.64. The molecule has 5 nitrogen and oxygen atoms in total. The summed E-state index contributed by atoms with van der Waals surface area (Å²) in [5.41, 5.74) is 2.67. The summed E-state index contributed by atoms with van der Waals surface area (Å²) in [5.74, 6) is -0.209. The minimum Gasteiger partial charge on any atom is -0.394 e. The molecule has 23 heavy (non-hydrogen) atoms. The number of hydrogen-bond donors (Lipinski definition) is 3. The first-order valence-corrected chi connectivity index (χ1v) is 8.50. The number of nitrogens with one attached hydrogen (secondary N) is 2. The van der Waals surface area contributed by atoms with Crippen molar-refractivity contribution in [3.63, 3.8) is 0 Å². The number of nitrogens with zero attached hydrogens (tertiary/aromatic N) is 1. The van der Waals surface area contributed by atoms with Gasteiger partial charge in [-0.25, -0.2) is 4.98 Å². The topological polar surface area (TPSA) is 78.0 Å². The summed E-state index contributed by atoms with van der Waals surface area (Å²) in [4.78, 5) is 19.8. The SMILES string of the molecule is CCc1cccc2[nH]c(C(=O)NC(CO)Cc3nccs3)cc12. The van der Waals surface area contributed by atoms with Gasteiger partial charge in [0.2, 0.25) is 0 Å². The Kier molecular flexibility index (Phi) is 4.73. The lowest BCUT2D eigenvalue weighted by Crippen LogP contribution is -2.39. The molecule has 0 saturated carbocycles. The van der Waals surface area contributed by atoms with Crippen molar-refractivity contribution in [2.24, 2.45) is 0 Å².